The minimum absolute atomic E-state index is 0. The smallest absolute Gasteiger partial charge is 0.164 e. The van der Waals surface area contributed by atoms with E-state index in [9.17, 15) is 9.90 Å². The van der Waals surface area contributed by atoms with Crippen LogP contribution in [0.2, 0.25) is 0 Å². The zero-order valence-electron chi connectivity index (χ0n) is 33.7. The summed E-state index contributed by atoms with van der Waals surface area (Å²) in [7, 11) is 0. The number of furan rings is 1. The third-order valence-electron chi connectivity index (χ3n) is 11.4. The number of aromatic nitrogens is 2. The number of hydrogen-bond acceptors (Lipinski definition) is 6. The second kappa shape index (κ2) is 16.5. The quantitative estimate of drug-likeness (QED) is 0.0842. The number of aryl methyl sites for hydroxylation is 1. The van der Waals surface area contributed by atoms with E-state index in [1.807, 2.05) is 41.5 Å². The van der Waals surface area contributed by atoms with Crippen LogP contribution in [0.25, 0.3) is 53.3 Å². The van der Waals surface area contributed by atoms with E-state index < -0.39 is 0 Å². The Morgan fingerprint density at radius 2 is 1.55 bits per heavy atom. The molecule has 3 aromatic heterocycles. The Kier molecular flexibility index (Phi) is 13.2. The van der Waals surface area contributed by atoms with Crippen molar-refractivity contribution in [2.24, 2.45) is 16.7 Å². The van der Waals surface area contributed by atoms with Crippen molar-refractivity contribution in [1.29, 1.82) is 0 Å². The van der Waals surface area contributed by atoms with Gasteiger partial charge in [-0.3, -0.25) is 9.78 Å². The van der Waals surface area contributed by atoms with Crippen LogP contribution in [0.3, 0.4) is 0 Å². The Morgan fingerprint density at radius 3 is 2.15 bits per heavy atom. The van der Waals surface area contributed by atoms with Crippen LogP contribution in [0.15, 0.2) is 65.0 Å². The van der Waals surface area contributed by atoms with Crippen LogP contribution >= 0.6 is 11.3 Å². The summed E-state index contributed by atoms with van der Waals surface area (Å²) in [5, 5.41) is 15.9. The number of hydrogen-bond donors (Lipinski definition) is 1. The van der Waals surface area contributed by atoms with E-state index in [2.05, 4.69) is 95.1 Å². The fourth-order valence-corrected chi connectivity index (χ4v) is 7.96. The zero-order chi connectivity index (χ0) is 38.2. The van der Waals surface area contributed by atoms with Gasteiger partial charge >= 0.3 is 0 Å². The average molecular weight is 910 g/mol. The van der Waals surface area contributed by atoms with E-state index in [1.165, 1.54) is 32.7 Å². The number of carbonyl (C=O) groups is 1. The number of nitrogens with zero attached hydrogens (tertiary/aromatic N) is 2. The summed E-state index contributed by atoms with van der Waals surface area (Å²) in [6, 6.07) is 18.9. The van der Waals surface area contributed by atoms with Crippen molar-refractivity contribution in [3.63, 3.8) is 0 Å². The molecule has 0 aliphatic rings. The molecule has 0 fully saturated rings. The molecule has 0 bridgehead atoms. The van der Waals surface area contributed by atoms with E-state index >= 15 is 0 Å². The number of aliphatic hydroxyl groups excluding tert-OH is 1. The van der Waals surface area contributed by atoms with Crippen LogP contribution < -0.4 is 0 Å². The third kappa shape index (κ3) is 8.48. The maximum Gasteiger partial charge on any atom is 0.164 e. The molecule has 53 heavy (non-hydrogen) atoms. The normalized spacial score (nSPS) is 12.8. The van der Waals surface area contributed by atoms with Gasteiger partial charge in [-0.15, -0.1) is 40.5 Å². The summed E-state index contributed by atoms with van der Waals surface area (Å²) in [5.74, 6) is 1.88. The molecule has 5 nitrogen and oxygen atoms in total. The van der Waals surface area contributed by atoms with Gasteiger partial charge in [-0.25, -0.2) is 4.98 Å². The molecule has 3 heterocycles. The van der Waals surface area contributed by atoms with E-state index in [1.54, 1.807) is 17.7 Å². The Labute approximate surface area is 334 Å². The first-order valence-corrected chi connectivity index (χ1v) is 19.8. The van der Waals surface area contributed by atoms with Crippen molar-refractivity contribution in [3.8, 4) is 11.3 Å². The van der Waals surface area contributed by atoms with Crippen molar-refractivity contribution >= 4 is 59.2 Å². The Morgan fingerprint density at radius 1 is 0.906 bits per heavy atom. The van der Waals surface area contributed by atoms with Crippen molar-refractivity contribution < 1.29 is 34.4 Å². The number of allylic oxidation sites excluding steroid dienone is 2. The summed E-state index contributed by atoms with van der Waals surface area (Å²) in [4.78, 5) is 22.6. The molecule has 6 rings (SSSR count). The number of ketones is 1. The van der Waals surface area contributed by atoms with Crippen LogP contribution in [0, 0.1) is 29.7 Å². The average Bonchev–Trinajstić information content (AvgIpc) is 3.64. The number of rotatable bonds is 10. The van der Waals surface area contributed by atoms with Gasteiger partial charge in [0.15, 0.2) is 5.78 Å². The van der Waals surface area contributed by atoms with Gasteiger partial charge in [-0.1, -0.05) is 105 Å². The Hall–Kier alpha value is -3.38. The number of thiophene rings is 1. The number of aliphatic hydroxyl groups is 1. The minimum Gasteiger partial charge on any atom is -0.512 e. The summed E-state index contributed by atoms with van der Waals surface area (Å²) in [6.07, 6.45) is 7.46. The number of fused-ring (bicyclic) bond motifs is 5. The molecule has 1 N–H and O–H groups in total. The van der Waals surface area contributed by atoms with E-state index in [0.29, 0.717) is 5.92 Å². The molecule has 0 amide bonds. The van der Waals surface area contributed by atoms with Crippen LogP contribution in [-0.2, 0) is 36.7 Å². The first-order chi connectivity index (χ1) is 24.5. The van der Waals surface area contributed by atoms with Gasteiger partial charge in [0, 0.05) is 69.1 Å². The van der Waals surface area contributed by atoms with Crippen molar-refractivity contribution in [1.82, 2.24) is 9.97 Å². The van der Waals surface area contributed by atoms with Crippen molar-refractivity contribution in [2.45, 2.75) is 121 Å². The molecule has 0 aliphatic heterocycles. The monoisotopic (exact) mass is 910 g/mol. The molecular formula is C46H57IrN2O3S-. The molecule has 0 unspecified atom stereocenters. The predicted molar refractivity (Wildman–Crippen MR) is 222 cm³/mol. The SMILES string of the molecule is CCC(C)(CC)C(=O)/C=C(\O)C(C)(CC)CC.Cc1oc2cc3c(cc2c1CC(C)C)sc1ncnc(-c2[c-]c4ccccc4c(C(C)(C)C)c2)c13.[Ir]. The molecule has 7 heteroatoms. The molecular weight excluding hydrogens is 853 g/mol. The fraction of sp³-hybridized carbons (Fsp3) is 0.457. The molecule has 0 saturated carbocycles. The van der Waals surface area contributed by atoms with Crippen molar-refractivity contribution in [2.75, 3.05) is 0 Å². The van der Waals surface area contributed by atoms with E-state index in [4.69, 9.17) is 9.40 Å². The third-order valence-corrected chi connectivity index (χ3v) is 12.5. The molecule has 0 atom stereocenters. The molecule has 285 valence electrons. The molecule has 0 spiro atoms. The van der Waals surface area contributed by atoms with Gasteiger partial charge in [0.2, 0.25) is 0 Å². The number of benzene rings is 3. The molecule has 3 aromatic carbocycles. The minimum atomic E-state index is -0.337. The van der Waals surface area contributed by atoms with Gasteiger partial charge in [0.05, 0.1) is 0 Å². The maximum atomic E-state index is 12.2. The largest absolute Gasteiger partial charge is 0.512 e. The maximum absolute atomic E-state index is 12.2. The number of carbonyl (C=O) groups excluding carboxylic acids is 1. The van der Waals surface area contributed by atoms with Crippen molar-refractivity contribution in [3.05, 3.63) is 83.6 Å². The van der Waals surface area contributed by atoms with Crippen LogP contribution in [0.4, 0.5) is 0 Å². The molecule has 0 aliphatic carbocycles. The zero-order valence-corrected chi connectivity index (χ0v) is 36.9. The summed E-state index contributed by atoms with van der Waals surface area (Å²) in [6.45, 7) is 25.5. The molecule has 0 saturated heterocycles. The fourth-order valence-electron chi connectivity index (χ4n) is 6.90. The van der Waals surface area contributed by atoms with Gasteiger partial charge in [0.1, 0.15) is 28.3 Å². The topological polar surface area (TPSA) is 76.2 Å². The summed E-state index contributed by atoms with van der Waals surface area (Å²) < 4.78 is 7.47. The van der Waals surface area contributed by atoms with Crippen LogP contribution in [0.1, 0.15) is 119 Å². The predicted octanol–water partition coefficient (Wildman–Crippen LogP) is 13.7. The Bertz CT molecular complexity index is 2260. The summed E-state index contributed by atoms with van der Waals surface area (Å²) in [5.41, 5.74) is 4.90. The van der Waals surface area contributed by atoms with E-state index in [-0.39, 0.29) is 47.9 Å². The van der Waals surface area contributed by atoms with Gasteiger partial charge < -0.3 is 9.52 Å². The van der Waals surface area contributed by atoms with Gasteiger partial charge in [-0.05, 0) is 62.5 Å². The van der Waals surface area contributed by atoms with Crippen LogP contribution in [-0.4, -0.2) is 20.9 Å². The molecule has 6 aromatic rings. The van der Waals surface area contributed by atoms with Gasteiger partial charge in [-0.2, -0.15) is 0 Å². The Balaban J connectivity index is 0.000000299. The second-order valence-electron chi connectivity index (χ2n) is 16.4. The first-order valence-electron chi connectivity index (χ1n) is 19.0. The summed E-state index contributed by atoms with van der Waals surface area (Å²) >= 11 is 1.73. The standard InChI is InChI=1S/C31H29N2OS.C15H28O2.Ir/c1-17(2)11-22-18(3)34-26-14-24-27(15-23(22)26)35-30-28(24)29(32-16-33-30)20-12-19-9-7-8-10-21(19)25(13-20)31(4,5)6;1-7-14(5,8-2)12(16)11-13(17)15(6,9-3)10-4;/h7-10,13-17H,11H2,1-6H3;11,16H,7-10H2,1-6H3;/q-1;;/b;12-11-;. The molecule has 1 radical (unpaired) electrons. The van der Waals surface area contributed by atoms with E-state index in [0.717, 1.165) is 75.7 Å². The van der Waals surface area contributed by atoms with Crippen LogP contribution in [0.5, 0.6) is 0 Å². The first kappa shape index (κ1) is 42.4. The van der Waals surface area contributed by atoms with Gasteiger partial charge in [0.25, 0.3) is 0 Å². The second-order valence-corrected chi connectivity index (χ2v) is 17.4.